The van der Waals surface area contributed by atoms with Gasteiger partial charge >= 0.3 is 0 Å². The Morgan fingerprint density at radius 1 is 0.936 bits per heavy atom. The molecule has 2 N–H and O–H groups in total. The van der Waals surface area contributed by atoms with Crippen molar-refractivity contribution in [2.75, 3.05) is 64.1 Å². The number of benzene rings is 2. The third kappa shape index (κ3) is 8.04. The summed E-state index contributed by atoms with van der Waals surface area (Å²) in [7, 11) is 3.45. The molecule has 0 saturated carbocycles. The van der Waals surface area contributed by atoms with Gasteiger partial charge in [0, 0.05) is 82.2 Å². The molecule has 0 radical (unpaired) electrons. The summed E-state index contributed by atoms with van der Waals surface area (Å²) in [4.78, 5) is 19.3. The van der Waals surface area contributed by atoms with E-state index in [1.54, 1.807) is 13.3 Å². The first-order valence-electron chi connectivity index (χ1n) is 15.7. The van der Waals surface area contributed by atoms with Crippen LogP contribution in [-0.4, -0.2) is 78.2 Å². The maximum Gasteiger partial charge on any atom is 0.227 e. The number of nitriles is 1. The lowest BCUT2D eigenvalue weighted by atomic mass is 10.00. The zero-order valence-corrected chi connectivity index (χ0v) is 27.5. The molecule has 0 amide bonds. The Labute approximate surface area is 279 Å². The number of aromatic nitrogens is 3. The second kappa shape index (κ2) is 15.5. The van der Waals surface area contributed by atoms with Gasteiger partial charge in [-0.2, -0.15) is 5.26 Å². The van der Waals surface area contributed by atoms with Gasteiger partial charge in [-0.3, -0.25) is 9.88 Å². The molecule has 1 aliphatic rings. The Morgan fingerprint density at radius 3 is 2.51 bits per heavy atom. The van der Waals surface area contributed by atoms with Crippen molar-refractivity contribution in [1.82, 2.24) is 24.8 Å². The minimum absolute atomic E-state index is 0.456. The zero-order chi connectivity index (χ0) is 32.4. The summed E-state index contributed by atoms with van der Waals surface area (Å²) in [6.07, 6.45) is 6.41. The smallest absolute Gasteiger partial charge is 0.227 e. The molecule has 47 heavy (non-hydrogen) atoms. The molecule has 4 heterocycles. The molecule has 0 unspecified atom stereocenters. The first kappa shape index (κ1) is 31.9. The number of rotatable bonds is 13. The summed E-state index contributed by atoms with van der Waals surface area (Å²) in [6, 6.07) is 24.0. The summed E-state index contributed by atoms with van der Waals surface area (Å²) in [5, 5.41) is 17.4. The summed E-state index contributed by atoms with van der Waals surface area (Å²) < 4.78 is 11.6. The van der Waals surface area contributed by atoms with Crippen LogP contribution in [0.1, 0.15) is 17.5 Å². The molecule has 11 heteroatoms. The fourth-order valence-electron chi connectivity index (χ4n) is 5.68. The van der Waals surface area contributed by atoms with Gasteiger partial charge in [-0.05, 0) is 60.0 Å². The zero-order valence-electron chi connectivity index (χ0n) is 26.6. The number of nitrogens with one attached hydrogen (secondary N) is 2. The summed E-state index contributed by atoms with van der Waals surface area (Å²) in [5.41, 5.74) is 5.13. The van der Waals surface area contributed by atoms with Crippen LogP contribution in [0.4, 0.5) is 16.6 Å². The monoisotopic (exact) mass is 646 g/mol. The van der Waals surface area contributed by atoms with Crippen LogP contribution >= 0.6 is 11.3 Å². The number of pyridine rings is 1. The molecule has 240 valence electrons. The molecule has 0 bridgehead atoms. The van der Waals surface area contributed by atoms with Crippen LogP contribution in [-0.2, 0) is 6.54 Å². The minimum Gasteiger partial charge on any atom is -0.497 e. The highest BCUT2D eigenvalue weighted by Crippen LogP contribution is 2.45. The molecule has 1 saturated heterocycles. The van der Waals surface area contributed by atoms with Crippen LogP contribution in [0.5, 0.6) is 11.5 Å². The molecular formula is C36H38N8O2S. The van der Waals surface area contributed by atoms with Crippen molar-refractivity contribution < 1.29 is 9.47 Å². The molecule has 6 rings (SSSR count). The van der Waals surface area contributed by atoms with Gasteiger partial charge in [-0.1, -0.05) is 18.2 Å². The van der Waals surface area contributed by atoms with Crippen LogP contribution in [0, 0.1) is 11.3 Å². The largest absolute Gasteiger partial charge is 0.497 e. The molecule has 5 aromatic rings. The molecule has 3 aromatic heterocycles. The van der Waals surface area contributed by atoms with Crippen LogP contribution in [0.25, 0.3) is 21.7 Å². The first-order chi connectivity index (χ1) is 23.1. The molecule has 1 aliphatic heterocycles. The van der Waals surface area contributed by atoms with Gasteiger partial charge in [0.25, 0.3) is 0 Å². The maximum absolute atomic E-state index is 10.1. The predicted molar refractivity (Wildman–Crippen MR) is 187 cm³/mol. The fraction of sp³-hybridized carbons (Fsp3) is 0.278. The van der Waals surface area contributed by atoms with Crippen LogP contribution in [0.3, 0.4) is 0 Å². The van der Waals surface area contributed by atoms with E-state index in [0.717, 1.165) is 83.9 Å². The molecule has 10 nitrogen and oxygen atoms in total. The number of hydrogen-bond acceptors (Lipinski definition) is 11. The van der Waals surface area contributed by atoms with Crippen molar-refractivity contribution in [1.29, 1.82) is 5.26 Å². The van der Waals surface area contributed by atoms with E-state index in [0.29, 0.717) is 23.8 Å². The topological polar surface area (TPSA) is 111 Å². The summed E-state index contributed by atoms with van der Waals surface area (Å²) in [6.45, 7) is 6.94. The van der Waals surface area contributed by atoms with E-state index >= 15 is 0 Å². The Kier molecular flexibility index (Phi) is 10.5. The van der Waals surface area contributed by atoms with Crippen LogP contribution in [0.2, 0.25) is 0 Å². The highest BCUT2D eigenvalue weighted by molar-refractivity contribution is 7.20. The van der Waals surface area contributed by atoms with E-state index < -0.39 is 0 Å². The van der Waals surface area contributed by atoms with Crippen molar-refractivity contribution >= 4 is 28.0 Å². The van der Waals surface area contributed by atoms with Crippen molar-refractivity contribution in [2.45, 2.75) is 13.0 Å². The van der Waals surface area contributed by atoms with E-state index in [-0.39, 0.29) is 0 Å². The lowest BCUT2D eigenvalue weighted by Gasteiger charge is -2.34. The lowest BCUT2D eigenvalue weighted by Crippen LogP contribution is -2.46. The van der Waals surface area contributed by atoms with Gasteiger partial charge in [-0.15, -0.1) is 11.3 Å². The average molecular weight is 647 g/mol. The second-order valence-corrected chi connectivity index (χ2v) is 12.2. The first-order valence-corrected chi connectivity index (χ1v) is 16.5. The van der Waals surface area contributed by atoms with Crippen LogP contribution < -0.4 is 20.1 Å². The third-order valence-corrected chi connectivity index (χ3v) is 9.32. The van der Waals surface area contributed by atoms with Crippen molar-refractivity contribution in [3.8, 4) is 39.3 Å². The number of hydrogen-bond donors (Lipinski definition) is 2. The van der Waals surface area contributed by atoms with E-state index in [4.69, 9.17) is 14.5 Å². The number of methoxy groups -OCH3 is 1. The summed E-state index contributed by atoms with van der Waals surface area (Å²) >= 11 is 1.49. The third-order valence-electron chi connectivity index (χ3n) is 8.09. The molecule has 0 atom stereocenters. The highest BCUT2D eigenvalue weighted by atomic mass is 32.1. The molecular weight excluding hydrogens is 609 g/mol. The number of anilines is 3. The van der Waals surface area contributed by atoms with Gasteiger partial charge in [0.05, 0.1) is 29.9 Å². The Hall–Kier alpha value is -5.02. The van der Waals surface area contributed by atoms with Gasteiger partial charge in [0.2, 0.25) is 5.95 Å². The Morgan fingerprint density at radius 2 is 1.72 bits per heavy atom. The van der Waals surface area contributed by atoms with Gasteiger partial charge < -0.3 is 25.0 Å². The lowest BCUT2D eigenvalue weighted by molar-refractivity contribution is 0.121. The van der Waals surface area contributed by atoms with Gasteiger partial charge in [0.15, 0.2) is 0 Å². The molecule has 1 fully saturated rings. The van der Waals surface area contributed by atoms with Gasteiger partial charge in [0.1, 0.15) is 22.6 Å². The molecule has 0 aliphatic carbocycles. The van der Waals surface area contributed by atoms with Crippen molar-refractivity contribution in [3.05, 3.63) is 96.4 Å². The van der Waals surface area contributed by atoms with Crippen molar-refractivity contribution in [2.24, 2.45) is 0 Å². The standard InChI is InChI=1S/C36H38N8O2S/c1-38-35-31(24-37)33(27-6-3-8-29(22-27)45-2)34(47-35)32-12-15-40-36(42-32)41-28-7-4-9-30(23-28)46-21-5-16-43-17-19-44(20-18-43)25-26-10-13-39-14-11-26/h3-4,6-15,22-23,38H,5,16-21,25H2,1-2H3,(H,40,41,42). The minimum atomic E-state index is 0.456. The van der Waals surface area contributed by atoms with E-state index in [1.807, 2.05) is 74.0 Å². The van der Waals surface area contributed by atoms with E-state index in [9.17, 15) is 5.26 Å². The molecule has 0 spiro atoms. The van der Waals surface area contributed by atoms with E-state index in [2.05, 4.69) is 48.6 Å². The average Bonchev–Trinajstić information content (AvgIpc) is 3.51. The number of piperazine rings is 1. The van der Waals surface area contributed by atoms with Gasteiger partial charge in [-0.25, -0.2) is 9.97 Å². The maximum atomic E-state index is 10.1. The quantitative estimate of drug-likeness (QED) is 0.137. The predicted octanol–water partition coefficient (Wildman–Crippen LogP) is 6.52. The normalized spacial score (nSPS) is 13.6. The number of nitrogens with zero attached hydrogens (tertiary/aromatic N) is 6. The second-order valence-electron chi connectivity index (χ2n) is 11.2. The Balaban J connectivity index is 1.06. The van der Waals surface area contributed by atoms with E-state index in [1.165, 1.54) is 16.9 Å². The molecule has 2 aromatic carbocycles. The van der Waals surface area contributed by atoms with Crippen molar-refractivity contribution in [3.63, 3.8) is 0 Å². The SMILES string of the molecule is CNc1sc(-c2ccnc(Nc3cccc(OCCCN4CCN(Cc5ccncc5)CC4)c3)n2)c(-c2cccc(OC)c2)c1C#N. The number of ether oxygens (including phenoxy) is 2. The fourth-order valence-corrected chi connectivity index (χ4v) is 6.78. The van der Waals surface area contributed by atoms with Crippen LogP contribution in [0.15, 0.2) is 85.3 Å². The number of thiophene rings is 1. The summed E-state index contributed by atoms with van der Waals surface area (Å²) in [5.74, 6) is 1.97. The Bertz CT molecular complexity index is 1820. The highest BCUT2D eigenvalue weighted by Gasteiger charge is 2.22.